The van der Waals surface area contributed by atoms with Crippen LogP contribution < -0.4 is 0 Å². The molecule has 0 aliphatic carbocycles. The molecule has 26 heavy (non-hydrogen) atoms. The largest absolute Gasteiger partial charge is 0.450 e. The highest BCUT2D eigenvalue weighted by atomic mass is 16.6. The van der Waals surface area contributed by atoms with Crippen LogP contribution in [0.3, 0.4) is 0 Å². The third kappa shape index (κ3) is 4.57. The number of carbonyl (C=O) groups is 1. The maximum atomic E-state index is 12.0. The molecule has 2 aliphatic rings. The summed E-state index contributed by atoms with van der Waals surface area (Å²) in [5.41, 5.74) is 1.16. The summed E-state index contributed by atoms with van der Waals surface area (Å²) in [5.74, 6) is 0. The highest BCUT2D eigenvalue weighted by molar-refractivity contribution is 5.67. The topological polar surface area (TPSA) is 59.8 Å². The van der Waals surface area contributed by atoms with E-state index in [4.69, 9.17) is 9.47 Å². The van der Waals surface area contributed by atoms with Crippen molar-refractivity contribution >= 4 is 6.09 Å². The Hall–Kier alpha value is -1.60. The molecule has 1 aromatic rings. The molecule has 7 heteroatoms. The smallest absolute Gasteiger partial charge is 0.409 e. The van der Waals surface area contributed by atoms with Crippen LogP contribution in [0.25, 0.3) is 0 Å². The summed E-state index contributed by atoms with van der Waals surface area (Å²) in [7, 11) is 1.73. The van der Waals surface area contributed by atoms with Gasteiger partial charge in [-0.15, -0.1) is 0 Å². The molecule has 1 amide bonds. The molecule has 0 spiro atoms. The van der Waals surface area contributed by atoms with Gasteiger partial charge in [-0.2, -0.15) is 5.10 Å². The van der Waals surface area contributed by atoms with Crippen LogP contribution in [-0.4, -0.2) is 71.6 Å². The second-order valence-corrected chi connectivity index (χ2v) is 7.24. The lowest BCUT2D eigenvalue weighted by Gasteiger charge is -2.37. The predicted octanol–water partition coefficient (Wildman–Crippen LogP) is 2.68. The molecule has 0 N–H and O–H groups in total. The molecular formula is C19H32N4O3. The summed E-state index contributed by atoms with van der Waals surface area (Å²) < 4.78 is 12.6. The van der Waals surface area contributed by atoms with E-state index in [1.165, 1.54) is 0 Å². The van der Waals surface area contributed by atoms with Crippen molar-refractivity contribution in [2.24, 2.45) is 0 Å². The number of piperidine rings is 1. The van der Waals surface area contributed by atoms with Crippen LogP contribution in [0.15, 0.2) is 12.3 Å². The number of ether oxygens (including phenoxy) is 2. The zero-order valence-corrected chi connectivity index (χ0v) is 16.1. The van der Waals surface area contributed by atoms with Gasteiger partial charge in [0.15, 0.2) is 0 Å². The molecule has 0 radical (unpaired) electrons. The number of likely N-dealkylation sites (tertiary alicyclic amines) is 2. The van der Waals surface area contributed by atoms with Crippen molar-refractivity contribution in [2.75, 3.05) is 39.9 Å². The number of methoxy groups -OCH3 is 1. The van der Waals surface area contributed by atoms with Gasteiger partial charge < -0.3 is 19.3 Å². The highest BCUT2D eigenvalue weighted by Crippen LogP contribution is 2.27. The molecule has 146 valence electrons. The van der Waals surface area contributed by atoms with Crippen molar-refractivity contribution in [3.05, 3.63) is 18.0 Å². The van der Waals surface area contributed by atoms with Crippen molar-refractivity contribution in [2.45, 2.75) is 57.7 Å². The molecule has 7 nitrogen and oxygen atoms in total. The van der Waals surface area contributed by atoms with Gasteiger partial charge >= 0.3 is 6.09 Å². The molecule has 0 aromatic carbocycles. The van der Waals surface area contributed by atoms with E-state index >= 15 is 0 Å². The number of rotatable bonds is 5. The number of aromatic nitrogens is 2. The average Bonchev–Trinajstić information content (AvgIpc) is 2.97. The van der Waals surface area contributed by atoms with Crippen LogP contribution >= 0.6 is 0 Å². The normalized spacial score (nSPS) is 23.0. The Labute approximate surface area is 156 Å². The summed E-state index contributed by atoms with van der Waals surface area (Å²) in [6.07, 6.45) is 7.22. The van der Waals surface area contributed by atoms with Gasteiger partial charge in [-0.3, -0.25) is 4.68 Å². The monoisotopic (exact) mass is 364 g/mol. The minimum absolute atomic E-state index is 0.156. The Morgan fingerprint density at radius 3 is 2.65 bits per heavy atom. The predicted molar refractivity (Wildman–Crippen MR) is 99.0 cm³/mol. The lowest BCUT2D eigenvalue weighted by molar-refractivity contribution is 0.101. The molecular weight excluding hydrogens is 332 g/mol. The van der Waals surface area contributed by atoms with Crippen molar-refractivity contribution < 1.29 is 14.3 Å². The first kappa shape index (κ1) is 19.2. The molecule has 0 saturated carbocycles. The molecule has 1 atom stereocenters. The molecule has 2 aliphatic heterocycles. The Bertz CT molecular complexity index is 569. The van der Waals surface area contributed by atoms with Crippen molar-refractivity contribution in [1.82, 2.24) is 19.6 Å². The average molecular weight is 364 g/mol. The molecule has 1 aromatic heterocycles. The second-order valence-electron chi connectivity index (χ2n) is 7.24. The summed E-state index contributed by atoms with van der Waals surface area (Å²) >= 11 is 0. The second kappa shape index (κ2) is 9.37. The number of hydrogen-bond donors (Lipinski definition) is 0. The minimum atomic E-state index is -0.156. The number of amides is 1. The van der Waals surface area contributed by atoms with Gasteiger partial charge in [-0.1, -0.05) is 0 Å². The first-order valence-electron chi connectivity index (χ1n) is 9.90. The zero-order chi connectivity index (χ0) is 18.4. The fourth-order valence-corrected chi connectivity index (χ4v) is 4.27. The molecule has 3 rings (SSSR count). The van der Waals surface area contributed by atoms with Gasteiger partial charge in [0.05, 0.1) is 24.9 Å². The number of carbonyl (C=O) groups excluding carboxylic acids is 1. The van der Waals surface area contributed by atoms with Crippen molar-refractivity contribution in [1.29, 1.82) is 0 Å². The van der Waals surface area contributed by atoms with E-state index in [-0.39, 0.29) is 6.09 Å². The maximum Gasteiger partial charge on any atom is 0.409 e. The van der Waals surface area contributed by atoms with Crippen LogP contribution in [0.1, 0.15) is 50.8 Å². The van der Waals surface area contributed by atoms with Gasteiger partial charge in [0, 0.05) is 45.5 Å². The fraction of sp³-hybridized carbons (Fsp3) is 0.789. The molecule has 2 saturated heterocycles. The maximum absolute atomic E-state index is 12.0. The summed E-state index contributed by atoms with van der Waals surface area (Å²) in [4.78, 5) is 16.5. The third-order valence-corrected chi connectivity index (χ3v) is 5.63. The summed E-state index contributed by atoms with van der Waals surface area (Å²) in [6, 6.07) is 3.09. The van der Waals surface area contributed by atoms with Crippen molar-refractivity contribution in [3.63, 3.8) is 0 Å². The van der Waals surface area contributed by atoms with Crippen LogP contribution in [0.4, 0.5) is 4.79 Å². The SMILES string of the molecule is CCOC(=O)N1CCCC(N2CCC(n3nccc3COC)CC2)CC1. The third-order valence-electron chi connectivity index (χ3n) is 5.63. The van der Waals surface area contributed by atoms with Crippen molar-refractivity contribution in [3.8, 4) is 0 Å². The first-order chi connectivity index (χ1) is 12.7. The molecule has 1 unspecified atom stereocenters. The Kier molecular flexibility index (Phi) is 6.91. The van der Waals surface area contributed by atoms with E-state index < -0.39 is 0 Å². The number of nitrogens with zero attached hydrogens (tertiary/aromatic N) is 4. The quantitative estimate of drug-likeness (QED) is 0.804. The van der Waals surface area contributed by atoms with Gasteiger partial charge in [-0.05, 0) is 45.1 Å². The van der Waals surface area contributed by atoms with E-state index in [1.807, 2.05) is 24.1 Å². The van der Waals surface area contributed by atoms with Crippen LogP contribution in [-0.2, 0) is 16.1 Å². The Balaban J connectivity index is 1.50. The lowest BCUT2D eigenvalue weighted by atomic mass is 10.00. The van der Waals surface area contributed by atoms with Gasteiger partial charge in [0.25, 0.3) is 0 Å². The van der Waals surface area contributed by atoms with Gasteiger partial charge in [0.1, 0.15) is 0 Å². The first-order valence-corrected chi connectivity index (χ1v) is 9.90. The van der Waals surface area contributed by atoms with E-state index in [0.29, 0.717) is 25.3 Å². The lowest BCUT2D eigenvalue weighted by Crippen LogP contribution is -2.42. The number of hydrogen-bond acceptors (Lipinski definition) is 5. The molecule has 3 heterocycles. The van der Waals surface area contributed by atoms with E-state index in [1.54, 1.807) is 7.11 Å². The van der Waals surface area contributed by atoms with Crippen LogP contribution in [0.5, 0.6) is 0 Å². The van der Waals surface area contributed by atoms with Crippen LogP contribution in [0.2, 0.25) is 0 Å². The summed E-state index contributed by atoms with van der Waals surface area (Å²) in [5, 5.41) is 4.52. The van der Waals surface area contributed by atoms with E-state index in [9.17, 15) is 4.79 Å². The van der Waals surface area contributed by atoms with Crippen LogP contribution in [0, 0.1) is 0 Å². The Morgan fingerprint density at radius 2 is 1.92 bits per heavy atom. The molecule has 0 bridgehead atoms. The summed E-state index contributed by atoms with van der Waals surface area (Å²) in [6.45, 7) is 6.75. The minimum Gasteiger partial charge on any atom is -0.450 e. The van der Waals surface area contributed by atoms with E-state index in [0.717, 1.165) is 64.0 Å². The molecule has 2 fully saturated rings. The van der Waals surface area contributed by atoms with Gasteiger partial charge in [-0.25, -0.2) is 4.79 Å². The fourth-order valence-electron chi connectivity index (χ4n) is 4.27. The van der Waals surface area contributed by atoms with Gasteiger partial charge in [0.2, 0.25) is 0 Å². The highest BCUT2D eigenvalue weighted by Gasteiger charge is 2.29. The Morgan fingerprint density at radius 1 is 1.15 bits per heavy atom. The zero-order valence-electron chi connectivity index (χ0n) is 16.1. The van der Waals surface area contributed by atoms with E-state index in [2.05, 4.69) is 14.7 Å². The standard InChI is InChI=1S/C19H32N4O3/c1-3-26-19(24)22-11-4-5-16(7-14-22)21-12-8-17(9-13-21)23-18(15-25-2)6-10-20-23/h6,10,16-17H,3-5,7-9,11-15H2,1-2H3.